The molecular weight excluding hydrogens is 312 g/mol. The summed E-state index contributed by atoms with van der Waals surface area (Å²) in [5.74, 6) is 0.0588. The second-order valence-corrected chi connectivity index (χ2v) is 6.88. The third kappa shape index (κ3) is 4.89. The van der Waals surface area contributed by atoms with Gasteiger partial charge in [0.15, 0.2) is 0 Å². The van der Waals surface area contributed by atoms with Gasteiger partial charge in [-0.1, -0.05) is 35.4 Å². The molecule has 25 heavy (non-hydrogen) atoms. The molecule has 0 spiro atoms. The van der Waals surface area contributed by atoms with Crippen LogP contribution in [-0.4, -0.2) is 23.6 Å². The van der Waals surface area contributed by atoms with E-state index in [2.05, 4.69) is 42.3 Å². The van der Waals surface area contributed by atoms with Gasteiger partial charge in [-0.05, 0) is 50.3 Å². The molecule has 3 rings (SSSR count). The number of pyridine rings is 1. The van der Waals surface area contributed by atoms with E-state index in [9.17, 15) is 4.79 Å². The van der Waals surface area contributed by atoms with E-state index in [-0.39, 0.29) is 18.1 Å². The molecule has 2 atom stereocenters. The summed E-state index contributed by atoms with van der Waals surface area (Å²) in [6, 6.07) is 10.1. The summed E-state index contributed by atoms with van der Waals surface area (Å²) in [6.07, 6.45) is 7.27. The van der Waals surface area contributed by atoms with Gasteiger partial charge in [0.05, 0.1) is 12.1 Å². The van der Waals surface area contributed by atoms with Crippen LogP contribution in [0.15, 0.2) is 42.7 Å². The van der Waals surface area contributed by atoms with Crippen molar-refractivity contribution in [3.63, 3.8) is 0 Å². The lowest BCUT2D eigenvalue weighted by molar-refractivity contribution is -0.122. The van der Waals surface area contributed by atoms with Crippen molar-refractivity contribution in [3.8, 4) is 0 Å². The molecule has 0 unspecified atom stereocenters. The Balaban J connectivity index is 1.75. The fourth-order valence-corrected chi connectivity index (χ4v) is 3.48. The van der Waals surface area contributed by atoms with E-state index >= 15 is 0 Å². The standard InChI is InChI=1S/C21H26N2O2/c1-15-11-16(2)13-18(12-15)21(17-5-3-9-22-14-17)23-20(24)8-7-19-6-4-10-25-19/h3,5,9,11-14,19,21H,4,6-8,10H2,1-2H3,(H,23,24)/t19-,21-/m0/s1. The highest BCUT2D eigenvalue weighted by atomic mass is 16.5. The Morgan fingerprint density at radius 2 is 2.08 bits per heavy atom. The molecule has 1 saturated heterocycles. The first-order valence-corrected chi connectivity index (χ1v) is 9.01. The van der Waals surface area contributed by atoms with Gasteiger partial charge in [-0.15, -0.1) is 0 Å². The predicted octanol–water partition coefficient (Wildman–Crippen LogP) is 3.86. The number of carbonyl (C=O) groups is 1. The van der Waals surface area contributed by atoms with Gasteiger partial charge in [0, 0.05) is 25.4 Å². The average molecular weight is 338 g/mol. The SMILES string of the molecule is Cc1cc(C)cc([C@@H](NC(=O)CC[C@@H]2CCCO2)c2cccnc2)c1. The van der Waals surface area contributed by atoms with Crippen molar-refractivity contribution in [2.45, 2.75) is 51.7 Å². The molecule has 4 nitrogen and oxygen atoms in total. The van der Waals surface area contributed by atoms with Crippen molar-refractivity contribution in [1.29, 1.82) is 0 Å². The van der Waals surface area contributed by atoms with E-state index in [0.29, 0.717) is 6.42 Å². The molecule has 1 aliphatic heterocycles. The van der Waals surface area contributed by atoms with Crippen LogP contribution < -0.4 is 5.32 Å². The molecule has 1 aromatic heterocycles. The Kier molecular flexibility index (Phi) is 5.82. The summed E-state index contributed by atoms with van der Waals surface area (Å²) in [6.45, 7) is 4.99. The molecule has 1 N–H and O–H groups in total. The molecule has 1 amide bonds. The highest BCUT2D eigenvalue weighted by molar-refractivity contribution is 5.77. The van der Waals surface area contributed by atoms with Crippen LogP contribution in [0.3, 0.4) is 0 Å². The van der Waals surface area contributed by atoms with Gasteiger partial charge in [0.25, 0.3) is 0 Å². The molecular formula is C21H26N2O2. The smallest absolute Gasteiger partial charge is 0.220 e. The number of aromatic nitrogens is 1. The number of ether oxygens (including phenoxy) is 1. The number of benzene rings is 1. The van der Waals surface area contributed by atoms with E-state index in [1.54, 1.807) is 6.20 Å². The number of hydrogen-bond acceptors (Lipinski definition) is 3. The molecule has 2 aromatic rings. The van der Waals surface area contributed by atoms with Crippen LogP contribution in [0.1, 0.15) is 54.0 Å². The van der Waals surface area contributed by atoms with Gasteiger partial charge in [-0.25, -0.2) is 0 Å². The van der Waals surface area contributed by atoms with Crippen molar-refractivity contribution < 1.29 is 9.53 Å². The van der Waals surface area contributed by atoms with Crippen LogP contribution in [0.2, 0.25) is 0 Å². The molecule has 0 saturated carbocycles. The molecule has 0 aliphatic carbocycles. The summed E-state index contributed by atoms with van der Waals surface area (Å²) in [5.41, 5.74) is 4.48. The number of amides is 1. The minimum Gasteiger partial charge on any atom is -0.378 e. The van der Waals surface area contributed by atoms with Crippen molar-refractivity contribution in [2.24, 2.45) is 0 Å². The quantitative estimate of drug-likeness (QED) is 0.870. The van der Waals surface area contributed by atoms with Crippen LogP contribution in [0.4, 0.5) is 0 Å². The van der Waals surface area contributed by atoms with E-state index in [4.69, 9.17) is 4.74 Å². The number of rotatable bonds is 6. The van der Waals surface area contributed by atoms with Gasteiger partial charge in [0.1, 0.15) is 0 Å². The zero-order valence-electron chi connectivity index (χ0n) is 15.0. The average Bonchev–Trinajstić information content (AvgIpc) is 3.11. The summed E-state index contributed by atoms with van der Waals surface area (Å²) in [7, 11) is 0. The van der Waals surface area contributed by atoms with Gasteiger partial charge in [-0.3, -0.25) is 9.78 Å². The molecule has 0 radical (unpaired) electrons. The third-order valence-electron chi connectivity index (χ3n) is 4.62. The first kappa shape index (κ1) is 17.6. The maximum absolute atomic E-state index is 12.5. The minimum absolute atomic E-state index is 0.0588. The van der Waals surface area contributed by atoms with Gasteiger partial charge >= 0.3 is 0 Å². The number of hydrogen-bond donors (Lipinski definition) is 1. The van der Waals surface area contributed by atoms with Crippen molar-refractivity contribution in [1.82, 2.24) is 10.3 Å². The van der Waals surface area contributed by atoms with E-state index in [1.807, 2.05) is 18.3 Å². The monoisotopic (exact) mass is 338 g/mol. The number of aryl methyl sites for hydroxylation is 2. The maximum atomic E-state index is 12.5. The fourth-order valence-electron chi connectivity index (χ4n) is 3.48. The Bertz CT molecular complexity index is 689. The topological polar surface area (TPSA) is 51.2 Å². The Hall–Kier alpha value is -2.20. The largest absolute Gasteiger partial charge is 0.378 e. The lowest BCUT2D eigenvalue weighted by Crippen LogP contribution is -2.30. The molecule has 2 heterocycles. The van der Waals surface area contributed by atoms with Crippen LogP contribution in [-0.2, 0) is 9.53 Å². The van der Waals surface area contributed by atoms with Crippen LogP contribution in [0.5, 0.6) is 0 Å². The minimum atomic E-state index is -0.177. The van der Waals surface area contributed by atoms with Gasteiger partial charge in [-0.2, -0.15) is 0 Å². The molecule has 0 bridgehead atoms. The Labute approximate surface area is 149 Å². The number of nitrogens with one attached hydrogen (secondary N) is 1. The van der Waals surface area contributed by atoms with Crippen LogP contribution in [0, 0.1) is 13.8 Å². The zero-order chi connectivity index (χ0) is 17.6. The summed E-state index contributed by atoms with van der Waals surface area (Å²) < 4.78 is 5.62. The number of nitrogens with zero attached hydrogens (tertiary/aromatic N) is 1. The highest BCUT2D eigenvalue weighted by Gasteiger charge is 2.20. The lowest BCUT2D eigenvalue weighted by Gasteiger charge is -2.21. The van der Waals surface area contributed by atoms with Gasteiger partial charge in [0.2, 0.25) is 5.91 Å². The van der Waals surface area contributed by atoms with Crippen molar-refractivity contribution >= 4 is 5.91 Å². The maximum Gasteiger partial charge on any atom is 0.220 e. The molecule has 1 aromatic carbocycles. The molecule has 1 fully saturated rings. The zero-order valence-corrected chi connectivity index (χ0v) is 15.0. The third-order valence-corrected chi connectivity index (χ3v) is 4.62. The molecule has 4 heteroatoms. The summed E-state index contributed by atoms with van der Waals surface area (Å²) >= 11 is 0. The normalized spacial score (nSPS) is 18.1. The Morgan fingerprint density at radius 1 is 1.28 bits per heavy atom. The van der Waals surface area contributed by atoms with Gasteiger partial charge < -0.3 is 10.1 Å². The first-order valence-electron chi connectivity index (χ1n) is 9.01. The number of carbonyl (C=O) groups excluding carboxylic acids is 1. The van der Waals surface area contributed by atoms with Crippen LogP contribution in [0.25, 0.3) is 0 Å². The highest BCUT2D eigenvalue weighted by Crippen LogP contribution is 2.24. The second kappa shape index (κ2) is 8.26. The predicted molar refractivity (Wildman–Crippen MR) is 98.3 cm³/mol. The first-order chi connectivity index (χ1) is 12.1. The summed E-state index contributed by atoms with van der Waals surface area (Å²) in [4.78, 5) is 16.8. The fraction of sp³-hybridized carbons (Fsp3) is 0.429. The van der Waals surface area contributed by atoms with Crippen LogP contribution >= 0.6 is 0 Å². The van der Waals surface area contributed by atoms with E-state index < -0.39 is 0 Å². The molecule has 1 aliphatic rings. The lowest BCUT2D eigenvalue weighted by atomic mass is 9.96. The van der Waals surface area contributed by atoms with E-state index in [0.717, 1.165) is 37.0 Å². The van der Waals surface area contributed by atoms with Crippen molar-refractivity contribution in [3.05, 3.63) is 65.0 Å². The van der Waals surface area contributed by atoms with E-state index in [1.165, 1.54) is 11.1 Å². The Morgan fingerprint density at radius 3 is 2.72 bits per heavy atom. The summed E-state index contributed by atoms with van der Waals surface area (Å²) in [5, 5.41) is 3.19. The molecule has 132 valence electrons. The second-order valence-electron chi connectivity index (χ2n) is 6.88. The van der Waals surface area contributed by atoms with Crippen molar-refractivity contribution in [2.75, 3.05) is 6.61 Å².